The standard InChI is InChI=1S/C12H24N2O2/c1-9-6-7-14(12(5,13)8-9)10(15)16-11(2,3)4/h9H,6-8,13H2,1-5H3. The minimum absolute atomic E-state index is 0.301. The highest BCUT2D eigenvalue weighted by atomic mass is 16.6. The number of nitrogens with zero attached hydrogens (tertiary/aromatic N) is 1. The molecular weight excluding hydrogens is 204 g/mol. The quantitative estimate of drug-likeness (QED) is 0.692. The maximum atomic E-state index is 12.0. The van der Waals surface area contributed by atoms with Crippen molar-refractivity contribution in [2.75, 3.05) is 6.54 Å². The van der Waals surface area contributed by atoms with Crippen molar-refractivity contribution in [1.82, 2.24) is 4.90 Å². The molecule has 94 valence electrons. The van der Waals surface area contributed by atoms with Crippen molar-refractivity contribution in [3.63, 3.8) is 0 Å². The Morgan fingerprint density at radius 2 is 2.06 bits per heavy atom. The summed E-state index contributed by atoms with van der Waals surface area (Å²) in [6.07, 6.45) is 1.52. The molecular formula is C12H24N2O2. The maximum absolute atomic E-state index is 12.0. The molecule has 0 aromatic rings. The zero-order valence-electron chi connectivity index (χ0n) is 11.0. The first-order valence-corrected chi connectivity index (χ1v) is 5.91. The molecule has 4 nitrogen and oxygen atoms in total. The molecule has 16 heavy (non-hydrogen) atoms. The van der Waals surface area contributed by atoms with Gasteiger partial charge in [0.25, 0.3) is 0 Å². The van der Waals surface area contributed by atoms with E-state index in [1.54, 1.807) is 4.90 Å². The van der Waals surface area contributed by atoms with E-state index in [0.717, 1.165) is 12.8 Å². The van der Waals surface area contributed by atoms with Gasteiger partial charge >= 0.3 is 6.09 Å². The molecule has 0 bridgehead atoms. The fourth-order valence-electron chi connectivity index (χ4n) is 2.14. The van der Waals surface area contributed by atoms with Crippen LogP contribution in [0.5, 0.6) is 0 Å². The van der Waals surface area contributed by atoms with Crippen LogP contribution in [0.2, 0.25) is 0 Å². The number of ether oxygens (including phenoxy) is 1. The Bertz CT molecular complexity index is 269. The second kappa shape index (κ2) is 4.24. The van der Waals surface area contributed by atoms with Crippen LogP contribution in [0.4, 0.5) is 4.79 Å². The van der Waals surface area contributed by atoms with Crippen molar-refractivity contribution in [2.45, 2.75) is 58.7 Å². The fourth-order valence-corrected chi connectivity index (χ4v) is 2.14. The molecule has 1 aliphatic rings. The highest BCUT2D eigenvalue weighted by Crippen LogP contribution is 2.28. The number of hydrogen-bond acceptors (Lipinski definition) is 3. The zero-order chi connectivity index (χ0) is 12.6. The van der Waals surface area contributed by atoms with Crippen LogP contribution in [0.25, 0.3) is 0 Å². The van der Waals surface area contributed by atoms with E-state index < -0.39 is 11.3 Å². The Hall–Kier alpha value is -0.770. The number of rotatable bonds is 0. The van der Waals surface area contributed by atoms with Crippen LogP contribution < -0.4 is 5.73 Å². The average molecular weight is 228 g/mol. The lowest BCUT2D eigenvalue weighted by atomic mass is 9.89. The van der Waals surface area contributed by atoms with E-state index in [0.29, 0.717) is 12.5 Å². The van der Waals surface area contributed by atoms with Gasteiger partial charge in [-0.2, -0.15) is 0 Å². The Kier molecular flexibility index (Phi) is 3.53. The van der Waals surface area contributed by atoms with E-state index in [1.165, 1.54) is 0 Å². The summed E-state index contributed by atoms with van der Waals surface area (Å²) in [4.78, 5) is 13.6. The third-order valence-corrected chi connectivity index (χ3v) is 2.84. The summed E-state index contributed by atoms with van der Waals surface area (Å²) in [6.45, 7) is 10.3. The van der Waals surface area contributed by atoms with Crippen LogP contribution in [-0.2, 0) is 4.74 Å². The van der Waals surface area contributed by atoms with Crippen LogP contribution >= 0.6 is 0 Å². The largest absolute Gasteiger partial charge is 0.444 e. The summed E-state index contributed by atoms with van der Waals surface area (Å²) in [6, 6.07) is 0. The molecule has 0 aromatic carbocycles. The fraction of sp³-hybridized carbons (Fsp3) is 0.917. The highest BCUT2D eigenvalue weighted by Gasteiger charge is 2.38. The molecule has 0 aromatic heterocycles. The maximum Gasteiger partial charge on any atom is 0.411 e. The van der Waals surface area contributed by atoms with E-state index in [2.05, 4.69) is 6.92 Å². The van der Waals surface area contributed by atoms with Gasteiger partial charge < -0.3 is 10.5 Å². The summed E-state index contributed by atoms with van der Waals surface area (Å²) < 4.78 is 5.36. The van der Waals surface area contributed by atoms with E-state index in [9.17, 15) is 4.79 Å². The van der Waals surface area contributed by atoms with E-state index in [1.807, 2.05) is 27.7 Å². The second-order valence-corrected chi connectivity index (χ2v) is 6.09. The lowest BCUT2D eigenvalue weighted by molar-refractivity contribution is -0.0166. The first kappa shape index (κ1) is 13.3. The Labute approximate surface area is 98.1 Å². The number of carbonyl (C=O) groups is 1. The van der Waals surface area contributed by atoms with Crippen LogP contribution in [-0.4, -0.2) is 28.8 Å². The molecule has 0 spiro atoms. The summed E-state index contributed by atoms with van der Waals surface area (Å²) >= 11 is 0. The summed E-state index contributed by atoms with van der Waals surface area (Å²) in [5.74, 6) is 0.564. The summed E-state index contributed by atoms with van der Waals surface area (Å²) in [5, 5.41) is 0. The second-order valence-electron chi connectivity index (χ2n) is 6.09. The highest BCUT2D eigenvalue weighted by molar-refractivity contribution is 5.69. The molecule has 2 atom stereocenters. The number of hydrogen-bond donors (Lipinski definition) is 1. The van der Waals surface area contributed by atoms with Crippen LogP contribution in [0, 0.1) is 5.92 Å². The van der Waals surface area contributed by atoms with Gasteiger partial charge in [0.15, 0.2) is 0 Å². The molecule has 1 saturated heterocycles. The van der Waals surface area contributed by atoms with Crippen molar-refractivity contribution in [1.29, 1.82) is 0 Å². The van der Waals surface area contributed by atoms with Crippen molar-refractivity contribution in [3.05, 3.63) is 0 Å². The van der Waals surface area contributed by atoms with Crippen LogP contribution in [0.1, 0.15) is 47.5 Å². The molecule has 0 aliphatic carbocycles. The lowest BCUT2D eigenvalue weighted by Gasteiger charge is -2.44. The SMILES string of the molecule is CC1CCN(C(=O)OC(C)(C)C)C(C)(N)C1. The van der Waals surface area contributed by atoms with Gasteiger partial charge in [-0.3, -0.25) is 4.90 Å². The van der Waals surface area contributed by atoms with Crippen molar-refractivity contribution >= 4 is 6.09 Å². The Morgan fingerprint density at radius 1 is 1.50 bits per heavy atom. The number of piperidine rings is 1. The normalized spacial score (nSPS) is 31.4. The lowest BCUT2D eigenvalue weighted by Crippen LogP contribution is -2.60. The first-order chi connectivity index (χ1) is 7.12. The summed E-state index contributed by atoms with van der Waals surface area (Å²) in [7, 11) is 0. The number of carbonyl (C=O) groups excluding carboxylic acids is 1. The van der Waals surface area contributed by atoms with Gasteiger partial charge in [-0.1, -0.05) is 6.92 Å². The molecule has 1 fully saturated rings. The van der Waals surface area contributed by atoms with Crippen LogP contribution in [0.3, 0.4) is 0 Å². The van der Waals surface area contributed by atoms with Crippen molar-refractivity contribution in [3.8, 4) is 0 Å². The van der Waals surface area contributed by atoms with Gasteiger partial charge in [0.1, 0.15) is 5.60 Å². The van der Waals surface area contributed by atoms with E-state index in [4.69, 9.17) is 10.5 Å². The predicted molar refractivity (Wildman–Crippen MR) is 63.9 cm³/mol. The Balaban J connectivity index is 2.69. The van der Waals surface area contributed by atoms with E-state index >= 15 is 0 Å². The minimum atomic E-state index is -0.583. The molecule has 0 radical (unpaired) electrons. The van der Waals surface area contributed by atoms with Gasteiger partial charge in [-0.15, -0.1) is 0 Å². The number of nitrogens with two attached hydrogens (primary N) is 1. The third kappa shape index (κ3) is 3.37. The molecule has 1 aliphatic heterocycles. The van der Waals surface area contributed by atoms with Gasteiger partial charge in [-0.25, -0.2) is 4.79 Å². The predicted octanol–water partition coefficient (Wildman–Crippen LogP) is 2.33. The van der Waals surface area contributed by atoms with E-state index in [-0.39, 0.29) is 6.09 Å². The minimum Gasteiger partial charge on any atom is -0.444 e. The van der Waals surface area contributed by atoms with Crippen LogP contribution in [0.15, 0.2) is 0 Å². The van der Waals surface area contributed by atoms with Gasteiger partial charge in [0.05, 0.1) is 5.66 Å². The first-order valence-electron chi connectivity index (χ1n) is 5.91. The average Bonchev–Trinajstić information content (AvgIpc) is 1.97. The number of likely N-dealkylation sites (tertiary alicyclic amines) is 1. The van der Waals surface area contributed by atoms with Gasteiger partial charge in [0, 0.05) is 6.54 Å². The molecule has 2 unspecified atom stereocenters. The summed E-state index contributed by atoms with van der Waals surface area (Å²) in [5.41, 5.74) is 5.11. The van der Waals surface area contributed by atoms with Crippen molar-refractivity contribution in [2.24, 2.45) is 11.7 Å². The van der Waals surface area contributed by atoms with Gasteiger partial charge in [-0.05, 0) is 46.5 Å². The van der Waals surface area contributed by atoms with Gasteiger partial charge in [0.2, 0.25) is 0 Å². The molecule has 0 saturated carbocycles. The smallest absolute Gasteiger partial charge is 0.411 e. The monoisotopic (exact) mass is 228 g/mol. The topological polar surface area (TPSA) is 55.6 Å². The zero-order valence-corrected chi connectivity index (χ0v) is 11.0. The number of amides is 1. The molecule has 1 rings (SSSR count). The third-order valence-electron chi connectivity index (χ3n) is 2.84. The Morgan fingerprint density at radius 3 is 2.50 bits per heavy atom. The molecule has 2 N–H and O–H groups in total. The van der Waals surface area contributed by atoms with Crippen molar-refractivity contribution < 1.29 is 9.53 Å². The molecule has 1 amide bonds. The molecule has 1 heterocycles. The molecule has 4 heteroatoms.